The van der Waals surface area contributed by atoms with Crippen molar-refractivity contribution >= 4 is 40.9 Å². The molecule has 0 saturated heterocycles. The lowest BCUT2D eigenvalue weighted by atomic mass is 10.1. The highest BCUT2D eigenvalue weighted by Gasteiger charge is 2.28. The second-order valence-corrected chi connectivity index (χ2v) is 7.64. The van der Waals surface area contributed by atoms with Crippen molar-refractivity contribution in [3.63, 3.8) is 0 Å². The summed E-state index contributed by atoms with van der Waals surface area (Å²) in [7, 11) is 0. The molecule has 2 aromatic rings. The van der Waals surface area contributed by atoms with Gasteiger partial charge in [0, 0.05) is 35.7 Å². The molecule has 0 bridgehead atoms. The van der Waals surface area contributed by atoms with Crippen LogP contribution >= 0.6 is 11.8 Å². The third-order valence-electron chi connectivity index (χ3n) is 4.54. The van der Waals surface area contributed by atoms with Gasteiger partial charge in [0.15, 0.2) is 0 Å². The van der Waals surface area contributed by atoms with E-state index in [2.05, 4.69) is 10.6 Å². The number of nitrogens with zero attached hydrogens (tertiary/aromatic N) is 1. The van der Waals surface area contributed by atoms with Gasteiger partial charge in [0.1, 0.15) is 0 Å². The molecule has 2 N–H and O–H groups in total. The van der Waals surface area contributed by atoms with Gasteiger partial charge >= 0.3 is 0 Å². The number of carbonyl (C=O) groups is 3. The number of thioether (sulfide) groups is 1. The quantitative estimate of drug-likeness (QED) is 0.781. The molecule has 6 nitrogen and oxygen atoms in total. The highest BCUT2D eigenvalue weighted by atomic mass is 32.2. The average Bonchev–Trinajstić information content (AvgIpc) is 2.70. The van der Waals surface area contributed by atoms with E-state index in [4.69, 9.17) is 0 Å². The number of para-hydroxylation sites is 1. The first kappa shape index (κ1) is 19.9. The molecule has 0 unspecified atom stereocenters. The fourth-order valence-electron chi connectivity index (χ4n) is 3.00. The molecule has 3 amide bonds. The number of nitrogens with one attached hydrogen (secondary N) is 2. The number of fused-ring (bicyclic) bond motifs is 1. The van der Waals surface area contributed by atoms with E-state index in [0.717, 1.165) is 10.6 Å². The van der Waals surface area contributed by atoms with Gasteiger partial charge in [-0.05, 0) is 50.2 Å². The van der Waals surface area contributed by atoms with Crippen LogP contribution in [0.4, 0.5) is 11.4 Å². The molecule has 7 heteroatoms. The topological polar surface area (TPSA) is 78.5 Å². The minimum atomic E-state index is -0.474. The highest BCUT2D eigenvalue weighted by Crippen LogP contribution is 2.36. The zero-order valence-corrected chi connectivity index (χ0v) is 16.7. The van der Waals surface area contributed by atoms with Gasteiger partial charge in [-0.25, -0.2) is 0 Å². The van der Waals surface area contributed by atoms with Gasteiger partial charge in [-0.15, -0.1) is 11.8 Å². The van der Waals surface area contributed by atoms with Gasteiger partial charge in [-0.1, -0.05) is 12.1 Å². The van der Waals surface area contributed by atoms with Crippen LogP contribution in [0.2, 0.25) is 0 Å². The van der Waals surface area contributed by atoms with Gasteiger partial charge in [-0.3, -0.25) is 14.4 Å². The second-order valence-electron chi connectivity index (χ2n) is 6.40. The Morgan fingerprint density at radius 3 is 2.43 bits per heavy atom. The Morgan fingerprint density at radius 2 is 1.75 bits per heavy atom. The highest BCUT2D eigenvalue weighted by molar-refractivity contribution is 8.01. The van der Waals surface area contributed by atoms with Crippen molar-refractivity contribution in [1.29, 1.82) is 0 Å². The Kier molecular flexibility index (Phi) is 6.36. The third-order valence-corrected chi connectivity index (χ3v) is 5.82. The number of benzene rings is 2. The monoisotopic (exact) mass is 397 g/mol. The predicted octanol–water partition coefficient (Wildman–Crippen LogP) is 3.61. The number of rotatable bonds is 6. The van der Waals surface area contributed by atoms with Gasteiger partial charge in [-0.2, -0.15) is 0 Å². The fourth-order valence-corrected chi connectivity index (χ4v) is 4.11. The predicted molar refractivity (Wildman–Crippen MR) is 112 cm³/mol. The summed E-state index contributed by atoms with van der Waals surface area (Å²) in [4.78, 5) is 39.6. The molecular weight excluding hydrogens is 374 g/mol. The Morgan fingerprint density at radius 1 is 1.07 bits per heavy atom. The third kappa shape index (κ3) is 4.54. The van der Waals surface area contributed by atoms with Crippen molar-refractivity contribution < 1.29 is 14.4 Å². The van der Waals surface area contributed by atoms with Crippen LogP contribution in [-0.2, 0) is 9.59 Å². The SMILES string of the molecule is CCN(CC)C(=O)c1ccc(NC(=O)C[C@@H]2Sc3ccccc3NC2=O)cc1. The summed E-state index contributed by atoms with van der Waals surface area (Å²) in [6.45, 7) is 5.18. The molecule has 0 saturated carbocycles. The molecular formula is C21H23N3O3S. The van der Waals surface area contributed by atoms with Gasteiger partial charge in [0.25, 0.3) is 5.91 Å². The Bertz CT molecular complexity index is 879. The van der Waals surface area contributed by atoms with Gasteiger partial charge in [0.2, 0.25) is 11.8 Å². The summed E-state index contributed by atoms with van der Waals surface area (Å²) in [6.07, 6.45) is 0.0744. The lowest BCUT2D eigenvalue weighted by molar-refractivity contribution is -0.120. The standard InChI is InChI=1S/C21H23N3O3S/c1-3-24(4-2)21(27)14-9-11-15(12-10-14)22-19(25)13-18-20(26)23-16-7-5-6-8-17(16)28-18/h5-12,18H,3-4,13H2,1-2H3,(H,22,25)(H,23,26)/t18-/m0/s1. The van der Waals surface area contributed by atoms with Crippen molar-refractivity contribution in [2.75, 3.05) is 23.7 Å². The molecule has 3 rings (SSSR count). The van der Waals surface area contributed by atoms with E-state index in [1.54, 1.807) is 29.2 Å². The van der Waals surface area contributed by atoms with Crippen molar-refractivity contribution in [2.45, 2.75) is 30.4 Å². The van der Waals surface area contributed by atoms with E-state index in [9.17, 15) is 14.4 Å². The smallest absolute Gasteiger partial charge is 0.253 e. The molecule has 0 radical (unpaired) electrons. The first-order valence-electron chi connectivity index (χ1n) is 9.27. The maximum absolute atomic E-state index is 12.4. The van der Waals surface area contributed by atoms with E-state index >= 15 is 0 Å². The minimum absolute atomic E-state index is 0.0307. The zero-order chi connectivity index (χ0) is 20.1. The molecule has 0 aliphatic carbocycles. The molecule has 0 fully saturated rings. The number of amides is 3. The summed E-state index contributed by atoms with van der Waals surface area (Å²) < 4.78 is 0. The van der Waals surface area contributed by atoms with Crippen molar-refractivity contribution in [3.05, 3.63) is 54.1 Å². The van der Waals surface area contributed by atoms with Gasteiger partial charge < -0.3 is 15.5 Å². The van der Waals surface area contributed by atoms with Crippen LogP contribution in [0.3, 0.4) is 0 Å². The summed E-state index contributed by atoms with van der Waals surface area (Å²) in [5.41, 5.74) is 1.96. The van der Waals surface area contributed by atoms with Crippen molar-refractivity contribution in [1.82, 2.24) is 4.90 Å². The Hall–Kier alpha value is -2.80. The lowest BCUT2D eigenvalue weighted by Crippen LogP contribution is -2.32. The van der Waals surface area contributed by atoms with Gasteiger partial charge in [0.05, 0.1) is 10.9 Å². The molecule has 1 aliphatic rings. The number of hydrogen-bond acceptors (Lipinski definition) is 4. The van der Waals surface area contributed by atoms with Crippen LogP contribution in [0.5, 0.6) is 0 Å². The van der Waals surface area contributed by atoms with E-state index in [0.29, 0.717) is 24.3 Å². The van der Waals surface area contributed by atoms with Crippen LogP contribution < -0.4 is 10.6 Å². The molecule has 146 valence electrons. The normalized spacial score (nSPS) is 15.4. The minimum Gasteiger partial charge on any atom is -0.339 e. The van der Waals surface area contributed by atoms with Crippen molar-refractivity contribution in [2.24, 2.45) is 0 Å². The molecule has 1 aliphatic heterocycles. The van der Waals surface area contributed by atoms with Crippen LogP contribution in [-0.4, -0.2) is 41.0 Å². The summed E-state index contributed by atoms with van der Waals surface area (Å²) in [6, 6.07) is 14.4. The Balaban J connectivity index is 1.59. The summed E-state index contributed by atoms with van der Waals surface area (Å²) >= 11 is 1.40. The summed E-state index contributed by atoms with van der Waals surface area (Å²) in [5, 5.41) is 5.17. The fraction of sp³-hybridized carbons (Fsp3) is 0.286. The van der Waals surface area contributed by atoms with Crippen LogP contribution in [0.15, 0.2) is 53.4 Å². The average molecular weight is 398 g/mol. The van der Waals surface area contributed by atoms with E-state index in [1.165, 1.54) is 11.8 Å². The maximum Gasteiger partial charge on any atom is 0.253 e. The molecule has 2 aromatic carbocycles. The molecule has 1 heterocycles. The van der Waals surface area contributed by atoms with E-state index in [-0.39, 0.29) is 24.1 Å². The lowest BCUT2D eigenvalue weighted by Gasteiger charge is -2.23. The van der Waals surface area contributed by atoms with Crippen LogP contribution in [0, 0.1) is 0 Å². The number of anilines is 2. The number of carbonyl (C=O) groups excluding carboxylic acids is 3. The molecule has 1 atom stereocenters. The molecule has 28 heavy (non-hydrogen) atoms. The van der Waals surface area contributed by atoms with E-state index < -0.39 is 5.25 Å². The molecule has 0 spiro atoms. The summed E-state index contributed by atoms with van der Waals surface area (Å²) in [5.74, 6) is -0.439. The van der Waals surface area contributed by atoms with Crippen molar-refractivity contribution in [3.8, 4) is 0 Å². The van der Waals surface area contributed by atoms with Crippen LogP contribution in [0.1, 0.15) is 30.6 Å². The number of hydrogen-bond donors (Lipinski definition) is 2. The first-order chi connectivity index (χ1) is 13.5. The van der Waals surface area contributed by atoms with Crippen LogP contribution in [0.25, 0.3) is 0 Å². The Labute approximate surface area is 168 Å². The largest absolute Gasteiger partial charge is 0.339 e. The second kappa shape index (κ2) is 8.93. The maximum atomic E-state index is 12.4. The zero-order valence-electron chi connectivity index (χ0n) is 15.9. The van der Waals surface area contributed by atoms with E-state index in [1.807, 2.05) is 38.1 Å². The first-order valence-corrected chi connectivity index (χ1v) is 10.2. The molecule has 0 aromatic heterocycles.